The maximum Gasteiger partial charge on any atom is 0.112 e. The molecule has 0 radical (unpaired) electrons. The topological polar surface area (TPSA) is 21.1 Å². The summed E-state index contributed by atoms with van der Waals surface area (Å²) in [7, 11) is 2.06. The number of fused-ring (bicyclic) bond motifs is 1. The lowest BCUT2D eigenvalue weighted by Crippen LogP contribution is -2.28. The molecule has 1 atom stereocenters. The van der Waals surface area contributed by atoms with Crippen LogP contribution in [0.15, 0.2) is 24.5 Å². The van der Waals surface area contributed by atoms with Crippen molar-refractivity contribution in [1.82, 2.24) is 9.55 Å². The lowest BCUT2D eigenvalue weighted by Gasteiger charge is -2.26. The number of rotatable bonds is 2. The molecule has 0 bridgehead atoms. The van der Waals surface area contributed by atoms with Crippen LogP contribution in [0.1, 0.15) is 26.2 Å². The Hall–Kier alpha value is -1.51. The van der Waals surface area contributed by atoms with Crippen molar-refractivity contribution in [1.29, 1.82) is 0 Å². The fraction of sp³-hybridized carbons (Fsp3) is 0.500. The van der Waals surface area contributed by atoms with Crippen molar-refractivity contribution >= 4 is 16.7 Å². The van der Waals surface area contributed by atoms with Gasteiger partial charge >= 0.3 is 0 Å². The van der Waals surface area contributed by atoms with Crippen molar-refractivity contribution in [2.45, 2.75) is 32.2 Å². The van der Waals surface area contributed by atoms with Crippen LogP contribution in [0.25, 0.3) is 11.0 Å². The number of hydrogen-bond donors (Lipinski definition) is 0. The molecule has 1 aliphatic heterocycles. The van der Waals surface area contributed by atoms with Crippen molar-refractivity contribution < 1.29 is 0 Å². The van der Waals surface area contributed by atoms with E-state index in [9.17, 15) is 0 Å². The van der Waals surface area contributed by atoms with Crippen molar-refractivity contribution in [2.75, 3.05) is 11.4 Å². The van der Waals surface area contributed by atoms with Gasteiger partial charge in [0, 0.05) is 19.6 Å². The van der Waals surface area contributed by atoms with E-state index in [1.54, 1.807) is 0 Å². The van der Waals surface area contributed by atoms with Gasteiger partial charge in [-0.2, -0.15) is 0 Å². The average Bonchev–Trinajstić information content (AvgIpc) is 2.96. The standard InChI is InChI=1S/C14H19N3/c1-3-11-6-5-9-17(11)13-8-4-7-12-14(13)15-10-16(12)2/h4,7-8,10-11H,3,5-6,9H2,1-2H3/t11-/m1/s1. The minimum Gasteiger partial charge on any atom is -0.367 e. The van der Waals surface area contributed by atoms with Gasteiger partial charge in [-0.25, -0.2) is 4.98 Å². The molecule has 1 fully saturated rings. The summed E-state index contributed by atoms with van der Waals surface area (Å²) in [5, 5.41) is 0. The van der Waals surface area contributed by atoms with Crippen LogP contribution in [0.2, 0.25) is 0 Å². The molecule has 3 nitrogen and oxygen atoms in total. The zero-order valence-electron chi connectivity index (χ0n) is 10.6. The molecule has 90 valence electrons. The molecule has 3 rings (SSSR count). The lowest BCUT2D eigenvalue weighted by atomic mass is 10.1. The first-order valence-electron chi connectivity index (χ1n) is 6.48. The molecule has 0 unspecified atom stereocenters. The van der Waals surface area contributed by atoms with Crippen LogP contribution in [-0.2, 0) is 7.05 Å². The number of nitrogens with zero attached hydrogens (tertiary/aromatic N) is 3. The molecule has 1 aromatic carbocycles. The van der Waals surface area contributed by atoms with Gasteiger partial charge in [-0.15, -0.1) is 0 Å². The smallest absolute Gasteiger partial charge is 0.112 e. The van der Waals surface area contributed by atoms with Gasteiger partial charge in [0.25, 0.3) is 0 Å². The van der Waals surface area contributed by atoms with E-state index >= 15 is 0 Å². The highest BCUT2D eigenvalue weighted by Gasteiger charge is 2.24. The van der Waals surface area contributed by atoms with Crippen molar-refractivity contribution in [3.63, 3.8) is 0 Å². The molecule has 1 aromatic heterocycles. The summed E-state index contributed by atoms with van der Waals surface area (Å²) in [6.07, 6.45) is 5.76. The summed E-state index contributed by atoms with van der Waals surface area (Å²) in [5.41, 5.74) is 3.69. The molecule has 1 saturated heterocycles. The first-order valence-corrected chi connectivity index (χ1v) is 6.48. The Morgan fingerprint density at radius 1 is 1.41 bits per heavy atom. The molecule has 0 aliphatic carbocycles. The van der Waals surface area contributed by atoms with Gasteiger partial charge in [0.05, 0.1) is 17.5 Å². The second-order valence-electron chi connectivity index (χ2n) is 4.90. The van der Waals surface area contributed by atoms with Gasteiger partial charge in [-0.3, -0.25) is 0 Å². The molecule has 2 heterocycles. The van der Waals surface area contributed by atoms with Gasteiger partial charge in [0.1, 0.15) is 5.52 Å². The van der Waals surface area contributed by atoms with E-state index < -0.39 is 0 Å². The van der Waals surface area contributed by atoms with E-state index in [2.05, 4.69) is 46.6 Å². The molecule has 3 heteroatoms. The van der Waals surface area contributed by atoms with Gasteiger partial charge in [-0.1, -0.05) is 13.0 Å². The number of imidazole rings is 1. The Labute approximate surface area is 102 Å². The predicted molar refractivity (Wildman–Crippen MR) is 71.4 cm³/mol. The minimum absolute atomic E-state index is 0.697. The summed E-state index contributed by atoms with van der Waals surface area (Å²) in [5.74, 6) is 0. The van der Waals surface area contributed by atoms with E-state index in [4.69, 9.17) is 0 Å². The third-order valence-electron chi connectivity index (χ3n) is 3.89. The van der Waals surface area contributed by atoms with Crippen LogP contribution < -0.4 is 4.90 Å². The first kappa shape index (κ1) is 10.6. The molecule has 17 heavy (non-hydrogen) atoms. The van der Waals surface area contributed by atoms with Crippen LogP contribution >= 0.6 is 0 Å². The van der Waals surface area contributed by atoms with Crippen molar-refractivity contribution in [2.24, 2.45) is 7.05 Å². The Balaban J connectivity index is 2.10. The van der Waals surface area contributed by atoms with Crippen LogP contribution in [0.3, 0.4) is 0 Å². The number of benzene rings is 1. The van der Waals surface area contributed by atoms with Crippen molar-refractivity contribution in [3.05, 3.63) is 24.5 Å². The first-order chi connectivity index (χ1) is 8.31. The fourth-order valence-corrected chi connectivity index (χ4v) is 2.95. The number of aromatic nitrogens is 2. The van der Waals surface area contributed by atoms with Crippen molar-refractivity contribution in [3.8, 4) is 0 Å². The van der Waals surface area contributed by atoms with E-state index in [-0.39, 0.29) is 0 Å². The normalized spacial score (nSPS) is 20.4. The summed E-state index contributed by atoms with van der Waals surface area (Å²) in [6, 6.07) is 7.19. The van der Waals surface area contributed by atoms with Gasteiger partial charge in [0.15, 0.2) is 0 Å². The van der Waals surface area contributed by atoms with E-state index in [0.29, 0.717) is 6.04 Å². The Bertz CT molecular complexity index is 529. The minimum atomic E-state index is 0.697. The highest BCUT2D eigenvalue weighted by Crippen LogP contribution is 2.32. The van der Waals surface area contributed by atoms with E-state index in [1.807, 2.05) is 6.33 Å². The zero-order valence-corrected chi connectivity index (χ0v) is 10.6. The quantitative estimate of drug-likeness (QED) is 0.789. The monoisotopic (exact) mass is 229 g/mol. The summed E-state index contributed by atoms with van der Waals surface area (Å²) >= 11 is 0. The third-order valence-corrected chi connectivity index (χ3v) is 3.89. The Morgan fingerprint density at radius 2 is 2.29 bits per heavy atom. The fourth-order valence-electron chi connectivity index (χ4n) is 2.95. The largest absolute Gasteiger partial charge is 0.367 e. The molecular formula is C14H19N3. The van der Waals surface area contributed by atoms with Crippen LogP contribution in [0.4, 0.5) is 5.69 Å². The maximum atomic E-state index is 4.55. The number of anilines is 1. The molecule has 0 spiro atoms. The van der Waals surface area contributed by atoms with Gasteiger partial charge < -0.3 is 9.47 Å². The van der Waals surface area contributed by atoms with Gasteiger partial charge in [0.2, 0.25) is 0 Å². The second kappa shape index (κ2) is 4.06. The maximum absolute atomic E-state index is 4.55. The highest BCUT2D eigenvalue weighted by molar-refractivity contribution is 5.89. The molecule has 0 N–H and O–H groups in total. The van der Waals surface area contributed by atoms with E-state index in [0.717, 1.165) is 5.52 Å². The molecular weight excluding hydrogens is 210 g/mol. The number of para-hydroxylation sites is 1. The Morgan fingerprint density at radius 3 is 3.12 bits per heavy atom. The van der Waals surface area contributed by atoms with Crippen LogP contribution in [-0.4, -0.2) is 22.1 Å². The molecule has 0 amide bonds. The summed E-state index contributed by atoms with van der Waals surface area (Å²) in [4.78, 5) is 7.09. The Kier molecular flexibility index (Phi) is 2.54. The predicted octanol–water partition coefficient (Wildman–Crippen LogP) is 2.95. The van der Waals surface area contributed by atoms with Gasteiger partial charge in [-0.05, 0) is 31.4 Å². The average molecular weight is 229 g/mol. The van der Waals surface area contributed by atoms with Crippen LogP contribution in [0, 0.1) is 0 Å². The number of aryl methyl sites for hydroxylation is 1. The lowest BCUT2D eigenvalue weighted by molar-refractivity contribution is 0.646. The van der Waals surface area contributed by atoms with Crippen LogP contribution in [0.5, 0.6) is 0 Å². The summed E-state index contributed by atoms with van der Waals surface area (Å²) in [6.45, 7) is 3.45. The van der Waals surface area contributed by atoms with E-state index in [1.165, 1.54) is 37.0 Å². The zero-order chi connectivity index (χ0) is 11.8. The SMILES string of the molecule is CC[C@@H]1CCCN1c1cccc2c1ncn2C. The number of hydrogen-bond acceptors (Lipinski definition) is 2. The molecule has 2 aromatic rings. The second-order valence-corrected chi connectivity index (χ2v) is 4.90. The summed E-state index contributed by atoms with van der Waals surface area (Å²) < 4.78 is 2.09. The highest BCUT2D eigenvalue weighted by atomic mass is 15.2. The molecule has 0 saturated carbocycles. The third kappa shape index (κ3) is 1.61. The molecule has 1 aliphatic rings.